The van der Waals surface area contributed by atoms with Gasteiger partial charge in [0.05, 0.1) is 5.56 Å². The SMILES string of the molecule is O=C(OCc1cc2c(cc1Br)OCCO2)c1cccc(F)c1. The lowest BCUT2D eigenvalue weighted by Gasteiger charge is -2.19. The molecule has 0 amide bonds. The third-order valence-electron chi connectivity index (χ3n) is 3.13. The average Bonchev–Trinajstić information content (AvgIpc) is 2.52. The van der Waals surface area contributed by atoms with Crippen molar-refractivity contribution in [2.45, 2.75) is 6.61 Å². The van der Waals surface area contributed by atoms with Crippen LogP contribution in [-0.2, 0) is 11.3 Å². The van der Waals surface area contributed by atoms with E-state index in [1.54, 1.807) is 12.1 Å². The van der Waals surface area contributed by atoms with Crippen LogP contribution in [0.25, 0.3) is 0 Å². The van der Waals surface area contributed by atoms with Crippen LogP contribution < -0.4 is 9.47 Å². The average molecular weight is 367 g/mol. The zero-order valence-corrected chi connectivity index (χ0v) is 13.1. The van der Waals surface area contributed by atoms with E-state index in [2.05, 4.69) is 15.9 Å². The summed E-state index contributed by atoms with van der Waals surface area (Å²) in [4.78, 5) is 11.9. The fraction of sp³-hybridized carbons (Fsp3) is 0.188. The summed E-state index contributed by atoms with van der Waals surface area (Å²) in [6, 6.07) is 8.92. The number of benzene rings is 2. The van der Waals surface area contributed by atoms with Gasteiger partial charge in [0, 0.05) is 10.0 Å². The largest absolute Gasteiger partial charge is 0.486 e. The quantitative estimate of drug-likeness (QED) is 0.776. The molecule has 0 saturated heterocycles. The second-order valence-electron chi connectivity index (χ2n) is 4.67. The summed E-state index contributed by atoms with van der Waals surface area (Å²) in [5.74, 6) is 0.209. The van der Waals surface area contributed by atoms with E-state index in [1.807, 2.05) is 0 Å². The number of halogens is 2. The Morgan fingerprint density at radius 2 is 1.91 bits per heavy atom. The predicted octanol–water partition coefficient (Wildman–Crippen LogP) is 3.72. The lowest BCUT2D eigenvalue weighted by atomic mass is 10.2. The lowest BCUT2D eigenvalue weighted by molar-refractivity contribution is 0.0470. The number of fused-ring (bicyclic) bond motifs is 1. The second kappa shape index (κ2) is 6.36. The molecule has 0 aliphatic carbocycles. The summed E-state index contributed by atoms with van der Waals surface area (Å²) >= 11 is 3.41. The van der Waals surface area contributed by atoms with Crippen LogP contribution in [0.15, 0.2) is 40.9 Å². The molecule has 0 bridgehead atoms. The van der Waals surface area contributed by atoms with Crippen LogP contribution in [0.2, 0.25) is 0 Å². The van der Waals surface area contributed by atoms with Crippen LogP contribution in [0.1, 0.15) is 15.9 Å². The highest BCUT2D eigenvalue weighted by atomic mass is 79.9. The molecule has 0 N–H and O–H groups in total. The number of esters is 1. The van der Waals surface area contributed by atoms with Gasteiger partial charge in [0.2, 0.25) is 0 Å². The predicted molar refractivity (Wildman–Crippen MR) is 80.7 cm³/mol. The molecular formula is C16H12BrFO4. The highest BCUT2D eigenvalue weighted by Crippen LogP contribution is 2.35. The molecule has 0 atom stereocenters. The molecule has 0 aromatic heterocycles. The van der Waals surface area contributed by atoms with Gasteiger partial charge in [-0.05, 0) is 30.3 Å². The van der Waals surface area contributed by atoms with Gasteiger partial charge in [-0.3, -0.25) is 0 Å². The summed E-state index contributed by atoms with van der Waals surface area (Å²) in [6.07, 6.45) is 0. The van der Waals surface area contributed by atoms with E-state index in [-0.39, 0.29) is 12.2 Å². The minimum absolute atomic E-state index is 0.0482. The number of rotatable bonds is 3. The highest BCUT2D eigenvalue weighted by molar-refractivity contribution is 9.10. The molecule has 0 unspecified atom stereocenters. The fourth-order valence-electron chi connectivity index (χ4n) is 2.06. The van der Waals surface area contributed by atoms with Crippen molar-refractivity contribution in [1.29, 1.82) is 0 Å². The minimum atomic E-state index is -0.582. The lowest BCUT2D eigenvalue weighted by Crippen LogP contribution is -2.15. The van der Waals surface area contributed by atoms with E-state index in [0.29, 0.717) is 24.7 Å². The van der Waals surface area contributed by atoms with Crippen molar-refractivity contribution in [1.82, 2.24) is 0 Å². The first-order chi connectivity index (χ1) is 10.6. The van der Waals surface area contributed by atoms with E-state index >= 15 is 0 Å². The smallest absolute Gasteiger partial charge is 0.338 e. The van der Waals surface area contributed by atoms with E-state index < -0.39 is 11.8 Å². The van der Waals surface area contributed by atoms with E-state index in [0.717, 1.165) is 16.1 Å². The molecule has 3 rings (SSSR count). The Morgan fingerprint density at radius 1 is 1.18 bits per heavy atom. The number of hydrogen-bond acceptors (Lipinski definition) is 4. The highest BCUT2D eigenvalue weighted by Gasteiger charge is 2.16. The topological polar surface area (TPSA) is 44.8 Å². The number of hydrogen-bond donors (Lipinski definition) is 0. The van der Waals surface area contributed by atoms with Crippen molar-refractivity contribution in [3.63, 3.8) is 0 Å². The first kappa shape index (κ1) is 14.8. The zero-order valence-electron chi connectivity index (χ0n) is 11.5. The van der Waals surface area contributed by atoms with Crippen LogP contribution >= 0.6 is 15.9 Å². The van der Waals surface area contributed by atoms with Crippen molar-refractivity contribution < 1.29 is 23.4 Å². The van der Waals surface area contributed by atoms with Gasteiger partial charge in [-0.25, -0.2) is 9.18 Å². The van der Waals surface area contributed by atoms with Gasteiger partial charge in [-0.2, -0.15) is 0 Å². The first-order valence-electron chi connectivity index (χ1n) is 6.64. The van der Waals surface area contributed by atoms with Gasteiger partial charge in [0.1, 0.15) is 25.6 Å². The Kier molecular flexibility index (Phi) is 4.29. The summed E-state index contributed by atoms with van der Waals surface area (Å²) in [5.41, 5.74) is 0.919. The maximum Gasteiger partial charge on any atom is 0.338 e. The molecule has 1 aliphatic heterocycles. The van der Waals surface area contributed by atoms with Crippen molar-refractivity contribution in [3.05, 3.63) is 57.8 Å². The van der Waals surface area contributed by atoms with Gasteiger partial charge in [0.15, 0.2) is 11.5 Å². The van der Waals surface area contributed by atoms with Crippen LogP contribution in [-0.4, -0.2) is 19.2 Å². The summed E-state index contributed by atoms with van der Waals surface area (Å²) in [6.45, 7) is 1.04. The molecule has 2 aromatic carbocycles. The molecule has 0 saturated carbocycles. The summed E-state index contributed by atoms with van der Waals surface area (Å²) in [5, 5.41) is 0. The first-order valence-corrected chi connectivity index (χ1v) is 7.43. The Balaban J connectivity index is 1.72. The molecule has 22 heavy (non-hydrogen) atoms. The molecule has 4 nitrogen and oxygen atoms in total. The van der Waals surface area contributed by atoms with Gasteiger partial charge < -0.3 is 14.2 Å². The minimum Gasteiger partial charge on any atom is -0.486 e. The second-order valence-corrected chi connectivity index (χ2v) is 5.53. The van der Waals surface area contributed by atoms with Crippen LogP contribution in [0.3, 0.4) is 0 Å². The van der Waals surface area contributed by atoms with Gasteiger partial charge in [0.25, 0.3) is 0 Å². The Labute approximate surface area is 134 Å². The van der Waals surface area contributed by atoms with Crippen LogP contribution in [0.4, 0.5) is 4.39 Å². The molecule has 1 heterocycles. The standard InChI is InChI=1S/C16H12BrFO4/c17-13-8-15-14(20-4-5-21-15)7-11(13)9-22-16(19)10-2-1-3-12(18)6-10/h1-3,6-8H,4-5,9H2. The van der Waals surface area contributed by atoms with E-state index in [4.69, 9.17) is 14.2 Å². The van der Waals surface area contributed by atoms with Crippen molar-refractivity contribution in [2.24, 2.45) is 0 Å². The molecular weight excluding hydrogens is 355 g/mol. The number of carbonyl (C=O) groups is 1. The maximum absolute atomic E-state index is 13.1. The van der Waals surface area contributed by atoms with Crippen molar-refractivity contribution in [2.75, 3.05) is 13.2 Å². The molecule has 1 aliphatic rings. The Morgan fingerprint density at radius 3 is 2.64 bits per heavy atom. The molecule has 0 radical (unpaired) electrons. The van der Waals surface area contributed by atoms with Gasteiger partial charge in [-0.15, -0.1) is 0 Å². The van der Waals surface area contributed by atoms with Crippen molar-refractivity contribution >= 4 is 21.9 Å². The number of ether oxygens (including phenoxy) is 3. The zero-order chi connectivity index (χ0) is 15.5. The Bertz CT molecular complexity index is 717. The Hall–Kier alpha value is -2.08. The summed E-state index contributed by atoms with van der Waals surface area (Å²) < 4.78 is 30.0. The normalized spacial score (nSPS) is 12.8. The van der Waals surface area contributed by atoms with Crippen LogP contribution in [0, 0.1) is 5.82 Å². The third-order valence-corrected chi connectivity index (χ3v) is 3.87. The maximum atomic E-state index is 13.1. The van der Waals surface area contributed by atoms with E-state index in [9.17, 15) is 9.18 Å². The molecule has 2 aromatic rings. The number of carbonyl (C=O) groups excluding carboxylic acids is 1. The summed E-state index contributed by atoms with van der Waals surface area (Å²) in [7, 11) is 0. The third kappa shape index (κ3) is 3.22. The monoisotopic (exact) mass is 366 g/mol. The van der Waals surface area contributed by atoms with Crippen LogP contribution in [0.5, 0.6) is 11.5 Å². The fourth-order valence-corrected chi connectivity index (χ4v) is 2.50. The molecule has 0 fully saturated rings. The van der Waals surface area contributed by atoms with Gasteiger partial charge in [-0.1, -0.05) is 22.0 Å². The van der Waals surface area contributed by atoms with Gasteiger partial charge >= 0.3 is 5.97 Å². The molecule has 6 heteroatoms. The molecule has 114 valence electrons. The molecule has 0 spiro atoms. The van der Waals surface area contributed by atoms with E-state index in [1.165, 1.54) is 18.2 Å². The van der Waals surface area contributed by atoms with Crippen molar-refractivity contribution in [3.8, 4) is 11.5 Å².